The zero-order valence-electron chi connectivity index (χ0n) is 12.1. The number of rotatable bonds is 6. The number of nitrogens with one attached hydrogen (secondary N) is 1. The van der Waals surface area contributed by atoms with Gasteiger partial charge < -0.3 is 0 Å². The molecule has 0 bridgehead atoms. The molecule has 2 aromatic rings. The van der Waals surface area contributed by atoms with Gasteiger partial charge in [0.1, 0.15) is 0 Å². The molecule has 2 aromatic carbocycles. The van der Waals surface area contributed by atoms with Crippen molar-refractivity contribution in [1.29, 1.82) is 0 Å². The molecule has 0 spiro atoms. The van der Waals surface area contributed by atoms with Gasteiger partial charge in [0.25, 0.3) is 0 Å². The third-order valence-electron chi connectivity index (χ3n) is 3.28. The van der Waals surface area contributed by atoms with E-state index in [0.29, 0.717) is 5.88 Å². The second-order valence-electron chi connectivity index (χ2n) is 5.01. The molecule has 0 aromatic heterocycles. The van der Waals surface area contributed by atoms with E-state index in [4.69, 9.17) is 11.6 Å². The van der Waals surface area contributed by atoms with Gasteiger partial charge in [-0.25, -0.2) is 13.1 Å². The molecule has 0 aliphatic carbocycles. The molecule has 0 heterocycles. The highest BCUT2D eigenvalue weighted by Gasteiger charge is 2.16. The van der Waals surface area contributed by atoms with Crippen LogP contribution in [0.4, 0.5) is 0 Å². The lowest BCUT2D eigenvalue weighted by Gasteiger charge is -2.12. The van der Waals surface area contributed by atoms with E-state index in [2.05, 4.69) is 20.7 Å². The molecule has 3 nitrogen and oxygen atoms in total. The Labute approximate surface area is 144 Å². The van der Waals surface area contributed by atoms with Crippen LogP contribution in [-0.4, -0.2) is 15.0 Å². The van der Waals surface area contributed by atoms with Crippen LogP contribution in [0.5, 0.6) is 0 Å². The molecule has 0 saturated carbocycles. The minimum atomic E-state index is -3.49. The standard InChI is InChI=1S/C16H17BrClNO2S/c1-12-2-8-15(9-3-12)22(20,21)19-11-16(17)14-6-4-13(10-18)5-7-14/h2-9,16,19H,10-11H2,1H3. The number of sulfonamides is 1. The van der Waals surface area contributed by atoms with Crippen LogP contribution in [0.15, 0.2) is 53.4 Å². The number of aryl methyl sites for hydroxylation is 1. The molecule has 0 saturated heterocycles. The van der Waals surface area contributed by atoms with Crippen molar-refractivity contribution in [3.05, 3.63) is 65.2 Å². The van der Waals surface area contributed by atoms with Gasteiger partial charge >= 0.3 is 0 Å². The normalized spacial score (nSPS) is 13.0. The maximum absolute atomic E-state index is 12.2. The average molecular weight is 403 g/mol. The summed E-state index contributed by atoms with van der Waals surface area (Å²) in [4.78, 5) is 0.174. The smallest absolute Gasteiger partial charge is 0.210 e. The summed E-state index contributed by atoms with van der Waals surface area (Å²) < 4.78 is 27.1. The van der Waals surface area contributed by atoms with Gasteiger partial charge in [0, 0.05) is 12.4 Å². The van der Waals surface area contributed by atoms with Crippen LogP contribution in [0.3, 0.4) is 0 Å². The van der Waals surface area contributed by atoms with Crippen LogP contribution >= 0.6 is 27.5 Å². The van der Waals surface area contributed by atoms with Gasteiger partial charge in [-0.15, -0.1) is 11.6 Å². The molecule has 2 rings (SSSR count). The summed E-state index contributed by atoms with van der Waals surface area (Å²) >= 11 is 9.26. The maximum Gasteiger partial charge on any atom is 0.240 e. The number of benzene rings is 2. The maximum atomic E-state index is 12.2. The second kappa shape index (κ2) is 7.59. The van der Waals surface area contributed by atoms with Crippen LogP contribution in [0.2, 0.25) is 0 Å². The molecular formula is C16H17BrClNO2S. The quantitative estimate of drug-likeness (QED) is 0.738. The Balaban J connectivity index is 2.02. The fourth-order valence-electron chi connectivity index (χ4n) is 1.92. The molecule has 6 heteroatoms. The minimum absolute atomic E-state index is 0.0999. The Morgan fingerprint density at radius 3 is 2.23 bits per heavy atom. The van der Waals surface area contributed by atoms with Gasteiger partial charge in [0.2, 0.25) is 10.0 Å². The van der Waals surface area contributed by atoms with Crippen molar-refractivity contribution in [2.24, 2.45) is 0 Å². The molecule has 118 valence electrons. The molecule has 22 heavy (non-hydrogen) atoms. The number of hydrogen-bond acceptors (Lipinski definition) is 2. The molecule has 0 fully saturated rings. The van der Waals surface area contributed by atoms with E-state index in [1.54, 1.807) is 24.3 Å². The first-order chi connectivity index (χ1) is 10.4. The average Bonchev–Trinajstić information content (AvgIpc) is 2.53. The third-order valence-corrected chi connectivity index (χ3v) is 5.88. The van der Waals surface area contributed by atoms with Crippen molar-refractivity contribution < 1.29 is 8.42 Å². The van der Waals surface area contributed by atoms with Crippen molar-refractivity contribution in [3.63, 3.8) is 0 Å². The number of alkyl halides is 2. The fraction of sp³-hybridized carbons (Fsp3) is 0.250. The Hall–Kier alpha value is -0.880. The van der Waals surface area contributed by atoms with Gasteiger partial charge in [-0.2, -0.15) is 0 Å². The summed E-state index contributed by atoms with van der Waals surface area (Å²) in [6.07, 6.45) is 0. The lowest BCUT2D eigenvalue weighted by Crippen LogP contribution is -2.27. The lowest BCUT2D eigenvalue weighted by atomic mass is 10.1. The first-order valence-corrected chi connectivity index (χ1v) is 9.71. The lowest BCUT2D eigenvalue weighted by molar-refractivity contribution is 0.581. The van der Waals surface area contributed by atoms with Gasteiger partial charge in [-0.3, -0.25) is 0 Å². The van der Waals surface area contributed by atoms with Crippen LogP contribution < -0.4 is 4.72 Å². The van der Waals surface area contributed by atoms with Crippen molar-refractivity contribution in [3.8, 4) is 0 Å². The van der Waals surface area contributed by atoms with Crippen LogP contribution in [0.1, 0.15) is 21.5 Å². The molecule has 0 aliphatic rings. The van der Waals surface area contributed by atoms with E-state index in [-0.39, 0.29) is 16.3 Å². The van der Waals surface area contributed by atoms with E-state index >= 15 is 0 Å². The third kappa shape index (κ3) is 4.56. The van der Waals surface area contributed by atoms with Crippen LogP contribution in [-0.2, 0) is 15.9 Å². The van der Waals surface area contributed by atoms with E-state index in [1.165, 1.54) is 0 Å². The van der Waals surface area contributed by atoms with E-state index in [1.807, 2.05) is 31.2 Å². The highest BCUT2D eigenvalue weighted by Crippen LogP contribution is 2.23. The SMILES string of the molecule is Cc1ccc(S(=O)(=O)NCC(Br)c2ccc(CCl)cc2)cc1. The molecule has 1 N–H and O–H groups in total. The van der Waals surface area contributed by atoms with Gasteiger partial charge in [0.15, 0.2) is 0 Å². The summed E-state index contributed by atoms with van der Waals surface area (Å²) in [5, 5.41) is 0. The molecule has 1 atom stereocenters. The number of halogens is 2. The summed E-state index contributed by atoms with van der Waals surface area (Å²) in [5.74, 6) is 0.466. The van der Waals surface area contributed by atoms with Crippen molar-refractivity contribution in [2.45, 2.75) is 22.5 Å². The van der Waals surface area contributed by atoms with E-state index < -0.39 is 10.0 Å². The second-order valence-corrected chi connectivity index (χ2v) is 8.15. The Kier molecular flexibility index (Phi) is 6.03. The predicted molar refractivity (Wildman–Crippen MR) is 94.0 cm³/mol. The van der Waals surface area contributed by atoms with Crippen LogP contribution in [0, 0.1) is 6.92 Å². The zero-order chi connectivity index (χ0) is 16.2. The summed E-state index contributed by atoms with van der Waals surface area (Å²) in [6.45, 7) is 2.19. The first kappa shape index (κ1) is 17.5. The van der Waals surface area contributed by atoms with E-state index in [0.717, 1.165) is 16.7 Å². The predicted octanol–water partition coefficient (Wildman–Crippen LogP) is 4.15. The highest BCUT2D eigenvalue weighted by molar-refractivity contribution is 9.09. The highest BCUT2D eigenvalue weighted by atomic mass is 79.9. The Bertz CT molecular complexity index is 715. The Morgan fingerprint density at radius 2 is 1.68 bits per heavy atom. The van der Waals surface area contributed by atoms with Crippen LogP contribution in [0.25, 0.3) is 0 Å². The Morgan fingerprint density at radius 1 is 1.09 bits per heavy atom. The fourth-order valence-corrected chi connectivity index (χ4v) is 3.82. The molecular weight excluding hydrogens is 386 g/mol. The minimum Gasteiger partial charge on any atom is -0.210 e. The first-order valence-electron chi connectivity index (χ1n) is 6.77. The molecule has 0 radical (unpaired) electrons. The summed E-state index contributed by atoms with van der Waals surface area (Å²) in [7, 11) is -3.49. The van der Waals surface area contributed by atoms with Gasteiger partial charge in [0.05, 0.1) is 9.72 Å². The monoisotopic (exact) mass is 401 g/mol. The molecule has 0 aliphatic heterocycles. The topological polar surface area (TPSA) is 46.2 Å². The zero-order valence-corrected chi connectivity index (χ0v) is 15.2. The van der Waals surface area contributed by atoms with Crippen molar-refractivity contribution in [1.82, 2.24) is 4.72 Å². The van der Waals surface area contributed by atoms with E-state index in [9.17, 15) is 8.42 Å². The van der Waals surface area contributed by atoms with Gasteiger partial charge in [-0.05, 0) is 30.2 Å². The summed E-state index contributed by atoms with van der Waals surface area (Å²) in [5.41, 5.74) is 3.06. The van der Waals surface area contributed by atoms with Crippen molar-refractivity contribution in [2.75, 3.05) is 6.54 Å². The molecule has 1 unspecified atom stereocenters. The van der Waals surface area contributed by atoms with Crippen molar-refractivity contribution >= 4 is 37.6 Å². The molecule has 0 amide bonds. The van der Waals surface area contributed by atoms with Gasteiger partial charge in [-0.1, -0.05) is 57.9 Å². The number of hydrogen-bond donors (Lipinski definition) is 1. The summed E-state index contributed by atoms with van der Waals surface area (Å²) in [6, 6.07) is 14.5. The largest absolute Gasteiger partial charge is 0.240 e.